The van der Waals surface area contributed by atoms with Gasteiger partial charge in [0.15, 0.2) is 0 Å². The number of hydrogen-bond acceptors (Lipinski definition) is 3. The molecule has 1 aromatic carbocycles. The third kappa shape index (κ3) is 6.74. The number of carbonyl (C=O) groups is 1. The summed E-state index contributed by atoms with van der Waals surface area (Å²) in [6.45, 7) is -0.137. The smallest absolute Gasteiger partial charge is 0.235 e. The van der Waals surface area contributed by atoms with E-state index in [1.54, 1.807) is 18.2 Å². The first kappa shape index (κ1) is 19.8. The van der Waals surface area contributed by atoms with Crippen LogP contribution in [0, 0.1) is 5.82 Å². The monoisotopic (exact) mass is 370 g/mol. The van der Waals surface area contributed by atoms with Gasteiger partial charge in [-0.15, -0.1) is 0 Å². The Labute approximate surface area is 149 Å². The van der Waals surface area contributed by atoms with Gasteiger partial charge in [0.1, 0.15) is 5.82 Å². The van der Waals surface area contributed by atoms with E-state index < -0.39 is 10.0 Å². The summed E-state index contributed by atoms with van der Waals surface area (Å²) in [7, 11) is -3.54. The van der Waals surface area contributed by atoms with Crippen molar-refractivity contribution in [1.82, 2.24) is 9.62 Å². The fourth-order valence-electron chi connectivity index (χ4n) is 3.17. The van der Waals surface area contributed by atoms with Crippen molar-refractivity contribution in [2.75, 3.05) is 19.3 Å². The van der Waals surface area contributed by atoms with Crippen LogP contribution in [0.2, 0.25) is 0 Å². The molecule has 0 radical (unpaired) electrons. The number of halogens is 1. The Bertz CT molecular complexity index is 671. The van der Waals surface area contributed by atoms with E-state index in [1.165, 1.54) is 18.9 Å². The molecule has 5 nitrogen and oxygen atoms in total. The number of benzene rings is 1. The van der Waals surface area contributed by atoms with E-state index in [0.717, 1.165) is 36.2 Å². The molecule has 0 aromatic heterocycles. The van der Waals surface area contributed by atoms with Gasteiger partial charge in [0.25, 0.3) is 0 Å². The van der Waals surface area contributed by atoms with Crippen LogP contribution in [-0.2, 0) is 21.2 Å². The molecule has 1 N–H and O–H groups in total. The van der Waals surface area contributed by atoms with E-state index in [9.17, 15) is 17.6 Å². The maximum Gasteiger partial charge on any atom is 0.235 e. The van der Waals surface area contributed by atoms with Crippen LogP contribution in [0.25, 0.3) is 0 Å². The minimum absolute atomic E-state index is 0.0812. The summed E-state index contributed by atoms with van der Waals surface area (Å²) in [5.41, 5.74) is 0.445. The van der Waals surface area contributed by atoms with Crippen LogP contribution < -0.4 is 5.32 Å². The molecular weight excluding hydrogens is 343 g/mol. The average molecular weight is 370 g/mol. The van der Waals surface area contributed by atoms with Crippen LogP contribution in [0.1, 0.15) is 44.1 Å². The molecule has 25 heavy (non-hydrogen) atoms. The van der Waals surface area contributed by atoms with Crippen molar-refractivity contribution in [3.8, 4) is 0 Å². The standard InChI is InChI=1S/C18H27FN2O3S/c1-25(23,24)21(13-12-15-8-6-7-11-17(15)19)14-18(22)20-16-9-4-2-3-5-10-16/h6-8,11,16H,2-5,9-10,12-14H2,1H3,(H,20,22). The molecule has 0 spiro atoms. The predicted molar refractivity (Wildman–Crippen MR) is 96.2 cm³/mol. The van der Waals surface area contributed by atoms with Crippen LogP contribution in [-0.4, -0.2) is 44.0 Å². The summed E-state index contributed by atoms with van der Waals surface area (Å²) < 4.78 is 38.8. The molecule has 1 aromatic rings. The summed E-state index contributed by atoms with van der Waals surface area (Å²) in [5.74, 6) is -0.648. The lowest BCUT2D eigenvalue weighted by Gasteiger charge is -2.22. The van der Waals surface area contributed by atoms with Gasteiger partial charge in [-0.1, -0.05) is 43.9 Å². The zero-order valence-electron chi connectivity index (χ0n) is 14.7. The molecule has 0 unspecified atom stereocenters. The summed E-state index contributed by atoms with van der Waals surface area (Å²) in [5, 5.41) is 2.95. The molecule has 0 saturated heterocycles. The average Bonchev–Trinajstić information content (AvgIpc) is 2.80. The van der Waals surface area contributed by atoms with Gasteiger partial charge >= 0.3 is 0 Å². The van der Waals surface area contributed by atoms with E-state index in [0.29, 0.717) is 5.56 Å². The maximum atomic E-state index is 13.7. The van der Waals surface area contributed by atoms with Crippen LogP contribution in [0.4, 0.5) is 4.39 Å². The van der Waals surface area contributed by atoms with Crippen molar-refractivity contribution < 1.29 is 17.6 Å². The molecule has 2 rings (SSSR count). The van der Waals surface area contributed by atoms with Gasteiger partial charge in [0.05, 0.1) is 12.8 Å². The minimum atomic E-state index is -3.54. The van der Waals surface area contributed by atoms with E-state index >= 15 is 0 Å². The molecule has 1 aliphatic carbocycles. The molecule has 1 fully saturated rings. The highest BCUT2D eigenvalue weighted by atomic mass is 32.2. The van der Waals surface area contributed by atoms with Gasteiger partial charge in [-0.2, -0.15) is 4.31 Å². The van der Waals surface area contributed by atoms with Gasteiger partial charge < -0.3 is 5.32 Å². The quantitative estimate of drug-likeness (QED) is 0.750. The highest BCUT2D eigenvalue weighted by molar-refractivity contribution is 7.88. The maximum absolute atomic E-state index is 13.7. The second-order valence-corrected chi connectivity index (χ2v) is 8.68. The molecule has 0 atom stereocenters. The second kappa shape index (κ2) is 9.29. The Kier molecular flexibility index (Phi) is 7.38. The number of hydrogen-bond donors (Lipinski definition) is 1. The fourth-order valence-corrected chi connectivity index (χ4v) is 3.94. The van der Waals surface area contributed by atoms with Crippen LogP contribution >= 0.6 is 0 Å². The van der Waals surface area contributed by atoms with Crippen molar-refractivity contribution in [3.63, 3.8) is 0 Å². The summed E-state index contributed by atoms with van der Waals surface area (Å²) in [6.07, 6.45) is 7.75. The molecule has 1 amide bonds. The Morgan fingerprint density at radius 1 is 1.20 bits per heavy atom. The zero-order valence-corrected chi connectivity index (χ0v) is 15.5. The first-order chi connectivity index (χ1) is 11.9. The lowest BCUT2D eigenvalue weighted by molar-refractivity contribution is -0.122. The number of amides is 1. The third-order valence-corrected chi connectivity index (χ3v) is 5.85. The van der Waals surface area contributed by atoms with Crippen molar-refractivity contribution in [2.45, 2.75) is 51.0 Å². The number of rotatable bonds is 7. The molecule has 0 aliphatic heterocycles. The number of sulfonamides is 1. The van der Waals surface area contributed by atoms with Crippen molar-refractivity contribution in [1.29, 1.82) is 0 Å². The van der Waals surface area contributed by atoms with Gasteiger partial charge in [0, 0.05) is 12.6 Å². The molecule has 0 heterocycles. The van der Waals surface area contributed by atoms with E-state index in [2.05, 4.69) is 5.32 Å². The largest absolute Gasteiger partial charge is 0.352 e. The normalized spacial score (nSPS) is 16.6. The number of nitrogens with zero attached hydrogens (tertiary/aromatic N) is 1. The van der Waals surface area contributed by atoms with Crippen LogP contribution in [0.15, 0.2) is 24.3 Å². The number of nitrogens with one attached hydrogen (secondary N) is 1. The molecule has 1 aliphatic rings. The van der Waals surface area contributed by atoms with Gasteiger partial charge in [-0.3, -0.25) is 4.79 Å². The zero-order chi connectivity index (χ0) is 18.3. The Hall–Kier alpha value is -1.47. The van der Waals surface area contributed by atoms with E-state index in [-0.39, 0.29) is 37.3 Å². The van der Waals surface area contributed by atoms with Crippen LogP contribution in [0.5, 0.6) is 0 Å². The van der Waals surface area contributed by atoms with Gasteiger partial charge in [-0.25, -0.2) is 12.8 Å². The van der Waals surface area contributed by atoms with Crippen molar-refractivity contribution in [3.05, 3.63) is 35.6 Å². The lowest BCUT2D eigenvalue weighted by Crippen LogP contribution is -2.44. The second-order valence-electron chi connectivity index (χ2n) is 6.69. The van der Waals surface area contributed by atoms with Crippen LogP contribution in [0.3, 0.4) is 0 Å². The molecule has 1 saturated carbocycles. The highest BCUT2D eigenvalue weighted by Gasteiger charge is 2.22. The lowest BCUT2D eigenvalue weighted by atomic mass is 10.1. The Balaban J connectivity index is 1.93. The SMILES string of the molecule is CS(=O)(=O)N(CCc1ccccc1F)CC(=O)NC1CCCCCC1. The van der Waals surface area contributed by atoms with Crippen molar-refractivity contribution in [2.24, 2.45) is 0 Å². The molecule has 7 heteroatoms. The summed E-state index contributed by atoms with van der Waals surface area (Å²) >= 11 is 0. The fraction of sp³-hybridized carbons (Fsp3) is 0.611. The molecular formula is C18H27FN2O3S. The van der Waals surface area contributed by atoms with E-state index in [4.69, 9.17) is 0 Å². The number of carbonyl (C=O) groups excluding carboxylic acids is 1. The highest BCUT2D eigenvalue weighted by Crippen LogP contribution is 2.17. The van der Waals surface area contributed by atoms with Gasteiger partial charge in [-0.05, 0) is 30.9 Å². The predicted octanol–water partition coefficient (Wildman–Crippen LogP) is 2.47. The minimum Gasteiger partial charge on any atom is -0.352 e. The van der Waals surface area contributed by atoms with E-state index in [1.807, 2.05) is 0 Å². The third-order valence-electron chi connectivity index (χ3n) is 4.60. The van der Waals surface area contributed by atoms with Gasteiger partial charge in [0.2, 0.25) is 15.9 Å². The Morgan fingerprint density at radius 2 is 1.84 bits per heavy atom. The summed E-state index contributed by atoms with van der Waals surface area (Å²) in [6, 6.07) is 6.40. The first-order valence-electron chi connectivity index (χ1n) is 8.84. The molecule has 0 bridgehead atoms. The van der Waals surface area contributed by atoms with Crippen molar-refractivity contribution >= 4 is 15.9 Å². The topological polar surface area (TPSA) is 66.5 Å². The summed E-state index contributed by atoms with van der Waals surface area (Å²) in [4.78, 5) is 12.3. The first-order valence-corrected chi connectivity index (χ1v) is 10.7. The Morgan fingerprint density at radius 3 is 2.44 bits per heavy atom. The molecule has 140 valence electrons.